The SMILES string of the molecule is Cc1cc(Br)cc(Nc2ccc(C(=O)O)c([N+](=O)[O-])c2)c1. The maximum Gasteiger partial charge on any atom is 0.342 e. The van der Waals surface area contributed by atoms with Crippen LogP contribution < -0.4 is 5.32 Å². The lowest BCUT2D eigenvalue weighted by Gasteiger charge is -2.09. The standard InChI is InChI=1S/C14H11BrN2O4/c1-8-4-9(15)6-11(5-8)16-10-2-3-12(14(18)19)13(7-10)17(20)21/h2-7,16H,1H3,(H,18,19). The molecule has 7 heteroatoms. The van der Waals surface area contributed by atoms with E-state index < -0.39 is 16.6 Å². The summed E-state index contributed by atoms with van der Waals surface area (Å²) in [6.45, 7) is 1.92. The molecule has 0 aromatic heterocycles. The molecule has 0 heterocycles. The fourth-order valence-corrected chi connectivity index (χ4v) is 2.52. The van der Waals surface area contributed by atoms with E-state index in [2.05, 4.69) is 21.2 Å². The second-order valence-electron chi connectivity index (χ2n) is 4.44. The van der Waals surface area contributed by atoms with Gasteiger partial charge in [-0.25, -0.2) is 4.79 Å². The van der Waals surface area contributed by atoms with Crippen LogP contribution in [0.25, 0.3) is 0 Å². The molecule has 0 aliphatic heterocycles. The Hall–Kier alpha value is -2.41. The second-order valence-corrected chi connectivity index (χ2v) is 5.35. The Labute approximate surface area is 128 Å². The average Bonchev–Trinajstić information content (AvgIpc) is 2.36. The zero-order valence-corrected chi connectivity index (χ0v) is 12.5. The minimum absolute atomic E-state index is 0.337. The van der Waals surface area contributed by atoms with Crippen LogP contribution in [0.2, 0.25) is 0 Å². The molecule has 0 saturated carbocycles. The Balaban J connectivity index is 2.39. The molecule has 0 bridgehead atoms. The number of nitrogens with one attached hydrogen (secondary N) is 1. The van der Waals surface area contributed by atoms with Crippen LogP contribution in [0, 0.1) is 17.0 Å². The summed E-state index contributed by atoms with van der Waals surface area (Å²) >= 11 is 3.37. The van der Waals surface area contributed by atoms with Crippen LogP contribution in [0.15, 0.2) is 40.9 Å². The largest absolute Gasteiger partial charge is 0.477 e. The van der Waals surface area contributed by atoms with Gasteiger partial charge in [0.2, 0.25) is 0 Å². The highest BCUT2D eigenvalue weighted by Crippen LogP contribution is 2.27. The molecule has 2 aromatic carbocycles. The maximum absolute atomic E-state index is 11.0. The molecule has 0 amide bonds. The molecule has 0 radical (unpaired) electrons. The Kier molecular flexibility index (Phi) is 4.23. The van der Waals surface area contributed by atoms with E-state index in [0.29, 0.717) is 5.69 Å². The molecule has 0 atom stereocenters. The minimum Gasteiger partial charge on any atom is -0.477 e. The smallest absolute Gasteiger partial charge is 0.342 e. The number of nitro benzene ring substituents is 1. The third-order valence-corrected chi connectivity index (χ3v) is 3.21. The van der Waals surface area contributed by atoms with Crippen molar-refractivity contribution in [2.75, 3.05) is 5.32 Å². The first-order chi connectivity index (χ1) is 9.86. The Bertz CT molecular complexity index is 711. The van der Waals surface area contributed by atoms with Gasteiger partial charge in [-0.3, -0.25) is 10.1 Å². The summed E-state index contributed by atoms with van der Waals surface area (Å²) in [6.07, 6.45) is 0. The van der Waals surface area contributed by atoms with Gasteiger partial charge in [0, 0.05) is 21.9 Å². The van der Waals surface area contributed by atoms with Crippen molar-refractivity contribution >= 4 is 39.0 Å². The van der Waals surface area contributed by atoms with E-state index in [1.807, 2.05) is 25.1 Å². The first kappa shape index (κ1) is 15.0. The van der Waals surface area contributed by atoms with Gasteiger partial charge in [-0.15, -0.1) is 0 Å². The number of carboxylic acid groups (broad SMARTS) is 1. The number of anilines is 2. The highest BCUT2D eigenvalue weighted by Gasteiger charge is 2.20. The van der Waals surface area contributed by atoms with Gasteiger partial charge in [0.05, 0.1) is 4.92 Å². The molecule has 0 unspecified atom stereocenters. The topological polar surface area (TPSA) is 92.5 Å². The minimum atomic E-state index is -1.33. The monoisotopic (exact) mass is 350 g/mol. The van der Waals surface area contributed by atoms with E-state index >= 15 is 0 Å². The molecule has 0 saturated heterocycles. The quantitative estimate of drug-likeness (QED) is 0.639. The number of hydrogen-bond donors (Lipinski definition) is 2. The van der Waals surface area contributed by atoms with Crippen molar-refractivity contribution in [1.29, 1.82) is 0 Å². The Morgan fingerprint density at radius 2 is 1.95 bits per heavy atom. The van der Waals surface area contributed by atoms with Crippen LogP contribution >= 0.6 is 15.9 Å². The zero-order valence-electron chi connectivity index (χ0n) is 11.0. The van der Waals surface area contributed by atoms with Crippen molar-refractivity contribution in [3.8, 4) is 0 Å². The van der Waals surface area contributed by atoms with Crippen molar-refractivity contribution in [2.24, 2.45) is 0 Å². The highest BCUT2D eigenvalue weighted by atomic mass is 79.9. The summed E-state index contributed by atoms with van der Waals surface area (Å²) in [5.74, 6) is -1.33. The van der Waals surface area contributed by atoms with E-state index in [-0.39, 0.29) is 5.56 Å². The zero-order chi connectivity index (χ0) is 15.6. The first-order valence-corrected chi connectivity index (χ1v) is 6.72. The number of carbonyl (C=O) groups is 1. The normalized spacial score (nSPS) is 10.2. The summed E-state index contributed by atoms with van der Waals surface area (Å²) in [5.41, 5.74) is 1.43. The van der Waals surface area contributed by atoms with Crippen LogP contribution in [0.3, 0.4) is 0 Å². The van der Waals surface area contributed by atoms with E-state index in [9.17, 15) is 14.9 Å². The van der Waals surface area contributed by atoms with Crippen molar-refractivity contribution in [2.45, 2.75) is 6.92 Å². The van der Waals surface area contributed by atoms with Gasteiger partial charge in [-0.05, 0) is 42.8 Å². The summed E-state index contributed by atoms with van der Waals surface area (Å²) in [7, 11) is 0. The van der Waals surface area contributed by atoms with Crippen LogP contribution in [-0.2, 0) is 0 Å². The van der Waals surface area contributed by atoms with Gasteiger partial charge in [0.15, 0.2) is 0 Å². The van der Waals surface area contributed by atoms with Crippen LogP contribution in [0.4, 0.5) is 17.1 Å². The predicted octanol–water partition coefficient (Wildman–Crippen LogP) is 4.11. The number of halogens is 1. The molecule has 0 spiro atoms. The molecular formula is C14H11BrN2O4. The first-order valence-electron chi connectivity index (χ1n) is 5.93. The van der Waals surface area contributed by atoms with Gasteiger partial charge in [0.25, 0.3) is 5.69 Å². The number of benzene rings is 2. The van der Waals surface area contributed by atoms with Crippen LogP contribution in [-0.4, -0.2) is 16.0 Å². The van der Waals surface area contributed by atoms with Gasteiger partial charge in [-0.1, -0.05) is 15.9 Å². The number of nitro groups is 1. The molecule has 21 heavy (non-hydrogen) atoms. The maximum atomic E-state index is 11.0. The summed E-state index contributed by atoms with van der Waals surface area (Å²) in [6, 6.07) is 9.55. The van der Waals surface area contributed by atoms with Crippen molar-refractivity contribution in [3.63, 3.8) is 0 Å². The van der Waals surface area contributed by atoms with Crippen molar-refractivity contribution in [1.82, 2.24) is 0 Å². The van der Waals surface area contributed by atoms with Gasteiger partial charge < -0.3 is 10.4 Å². The number of hydrogen-bond acceptors (Lipinski definition) is 4. The van der Waals surface area contributed by atoms with Gasteiger partial charge >= 0.3 is 5.97 Å². The molecule has 0 aliphatic carbocycles. The molecule has 2 rings (SSSR count). The highest BCUT2D eigenvalue weighted by molar-refractivity contribution is 9.10. The number of nitrogens with zero attached hydrogens (tertiary/aromatic N) is 1. The number of aromatic carboxylic acids is 1. The lowest BCUT2D eigenvalue weighted by atomic mass is 10.1. The molecule has 2 aromatic rings. The summed E-state index contributed by atoms with van der Waals surface area (Å²) in [4.78, 5) is 21.2. The second kappa shape index (κ2) is 5.92. The van der Waals surface area contributed by atoms with Gasteiger partial charge in [-0.2, -0.15) is 0 Å². The van der Waals surface area contributed by atoms with E-state index in [4.69, 9.17) is 5.11 Å². The van der Waals surface area contributed by atoms with E-state index in [1.54, 1.807) is 0 Å². The van der Waals surface area contributed by atoms with E-state index in [1.165, 1.54) is 18.2 Å². The molecule has 2 N–H and O–H groups in total. The van der Waals surface area contributed by atoms with Crippen molar-refractivity contribution in [3.05, 3.63) is 62.1 Å². The van der Waals surface area contributed by atoms with Gasteiger partial charge in [0.1, 0.15) is 5.56 Å². The molecular weight excluding hydrogens is 340 g/mol. The Morgan fingerprint density at radius 3 is 2.52 bits per heavy atom. The average molecular weight is 351 g/mol. The van der Waals surface area contributed by atoms with Crippen molar-refractivity contribution < 1.29 is 14.8 Å². The molecule has 6 nitrogen and oxygen atoms in total. The fourth-order valence-electron chi connectivity index (χ4n) is 1.92. The van der Waals surface area contributed by atoms with Crippen LogP contribution in [0.5, 0.6) is 0 Å². The Morgan fingerprint density at radius 1 is 1.24 bits per heavy atom. The lowest BCUT2D eigenvalue weighted by Crippen LogP contribution is -2.03. The van der Waals surface area contributed by atoms with Crippen LogP contribution in [0.1, 0.15) is 15.9 Å². The molecule has 108 valence electrons. The molecule has 0 aliphatic rings. The number of carboxylic acids is 1. The number of aryl methyl sites for hydroxylation is 1. The summed E-state index contributed by atoms with van der Waals surface area (Å²) in [5, 5.41) is 22.9. The van der Waals surface area contributed by atoms with E-state index in [0.717, 1.165) is 15.7 Å². The lowest BCUT2D eigenvalue weighted by molar-refractivity contribution is -0.385. The third-order valence-electron chi connectivity index (χ3n) is 2.76. The third kappa shape index (κ3) is 3.57. The molecule has 0 fully saturated rings. The number of rotatable bonds is 4. The fraction of sp³-hybridized carbons (Fsp3) is 0.0714. The summed E-state index contributed by atoms with van der Waals surface area (Å²) < 4.78 is 0.877. The predicted molar refractivity (Wildman–Crippen MR) is 82.2 cm³/mol.